The average Bonchev–Trinajstić information content (AvgIpc) is 3.52. The van der Waals surface area contributed by atoms with E-state index in [1.807, 2.05) is 0 Å². The van der Waals surface area contributed by atoms with Crippen LogP contribution in [0.15, 0.2) is 117 Å². The van der Waals surface area contributed by atoms with E-state index in [9.17, 15) is 35.8 Å². The van der Waals surface area contributed by atoms with E-state index in [2.05, 4.69) is 104 Å². The van der Waals surface area contributed by atoms with E-state index in [0.29, 0.717) is 37.4 Å². The second-order valence-electron chi connectivity index (χ2n) is 20.2. The maximum Gasteiger partial charge on any atom is 0.335 e. The monoisotopic (exact) mass is 917 g/mol. The van der Waals surface area contributed by atoms with Crippen LogP contribution in [0.3, 0.4) is 0 Å². The molecule has 0 bridgehead atoms. The van der Waals surface area contributed by atoms with Gasteiger partial charge in [-0.3, -0.25) is 9.11 Å². The van der Waals surface area contributed by atoms with Crippen molar-refractivity contribution in [1.29, 1.82) is 0 Å². The molecule has 3 aromatic carbocycles. The molecule has 0 unspecified atom stereocenters. The van der Waals surface area contributed by atoms with E-state index < -0.39 is 37.0 Å². The van der Waals surface area contributed by atoms with Crippen molar-refractivity contribution in [2.45, 2.75) is 80.4 Å². The molecule has 0 aromatic heterocycles. The third kappa shape index (κ3) is 10.8. The molecule has 3 aromatic rings. The predicted octanol–water partition coefficient (Wildman–Crippen LogP) is 8.13. The van der Waals surface area contributed by atoms with Gasteiger partial charge in [-0.1, -0.05) is 19.9 Å². The van der Waals surface area contributed by atoms with Gasteiger partial charge in [0.05, 0.1) is 82.6 Å². The lowest BCUT2D eigenvalue weighted by Crippen LogP contribution is -2.37. The number of ether oxygens (including phenoxy) is 1. The van der Waals surface area contributed by atoms with Crippen LogP contribution in [-0.4, -0.2) is 125 Å². The number of carboxylic acids is 1. The molecule has 0 radical (unpaired) electrons. The molecule has 64 heavy (non-hydrogen) atoms. The van der Waals surface area contributed by atoms with Crippen LogP contribution in [-0.2, 0) is 31.1 Å². The second-order valence-corrected chi connectivity index (χ2v) is 23.0. The van der Waals surface area contributed by atoms with Crippen LogP contribution < -0.4 is 9.64 Å². The molecule has 0 atom stereocenters. The lowest BCUT2D eigenvalue weighted by Gasteiger charge is -2.29. The van der Waals surface area contributed by atoms with Crippen LogP contribution in [0.5, 0.6) is 5.75 Å². The Kier molecular flexibility index (Phi) is 13.5. The summed E-state index contributed by atoms with van der Waals surface area (Å²) in [7, 11) is 4.01. The lowest BCUT2D eigenvalue weighted by atomic mass is 9.81. The van der Waals surface area contributed by atoms with Gasteiger partial charge in [-0.15, -0.1) is 0 Å². The van der Waals surface area contributed by atoms with Crippen LogP contribution in [0.4, 0.5) is 11.4 Å². The van der Waals surface area contributed by atoms with Crippen molar-refractivity contribution in [1.82, 2.24) is 0 Å². The number of carboxylic acid groups (broad SMARTS) is 1. The highest BCUT2D eigenvalue weighted by Gasteiger charge is 2.45. The largest absolute Gasteiger partial charge is 0.478 e. The normalized spacial score (nSPS) is 19.0. The first-order valence-electron chi connectivity index (χ1n) is 21.7. The molecule has 6 rings (SSSR count). The van der Waals surface area contributed by atoms with Gasteiger partial charge in [0, 0.05) is 47.5 Å². The number of benzene rings is 3. The number of carbonyl (C=O) groups is 1. The van der Waals surface area contributed by atoms with Crippen molar-refractivity contribution < 1.29 is 54.1 Å². The minimum absolute atomic E-state index is 0.137. The molecule has 2 heterocycles. The summed E-state index contributed by atoms with van der Waals surface area (Å²) >= 11 is 0. The molecule has 13 nitrogen and oxygen atoms in total. The zero-order chi connectivity index (χ0) is 47.2. The number of fused-ring (bicyclic) bond motifs is 2. The molecule has 1 aliphatic carbocycles. The summed E-state index contributed by atoms with van der Waals surface area (Å²) in [6.07, 6.45) is 12.3. The van der Waals surface area contributed by atoms with Crippen molar-refractivity contribution >= 4 is 43.3 Å². The first-order chi connectivity index (χ1) is 29.6. The van der Waals surface area contributed by atoms with Crippen molar-refractivity contribution in [3.63, 3.8) is 0 Å². The highest BCUT2D eigenvalue weighted by Crippen LogP contribution is 2.49. The fourth-order valence-electron chi connectivity index (χ4n) is 9.01. The van der Waals surface area contributed by atoms with Gasteiger partial charge >= 0.3 is 5.97 Å². The van der Waals surface area contributed by atoms with Gasteiger partial charge in [-0.05, 0) is 117 Å². The summed E-state index contributed by atoms with van der Waals surface area (Å²) in [5.74, 6) is 0.0711. The van der Waals surface area contributed by atoms with Crippen molar-refractivity contribution in [2.75, 3.05) is 73.4 Å². The summed E-state index contributed by atoms with van der Waals surface area (Å²) < 4.78 is 79.7. The topological polar surface area (TPSA) is 162 Å². The van der Waals surface area contributed by atoms with E-state index in [-0.39, 0.29) is 15.4 Å². The highest BCUT2D eigenvalue weighted by atomic mass is 32.2. The molecule has 3 aliphatic rings. The Morgan fingerprint density at radius 1 is 0.766 bits per heavy atom. The number of nitrogens with zero attached hydrogens (tertiary/aromatic N) is 4. The van der Waals surface area contributed by atoms with Crippen LogP contribution in [0.2, 0.25) is 0 Å². The minimum atomic E-state index is -4.44. The summed E-state index contributed by atoms with van der Waals surface area (Å²) in [4.78, 5) is 13.7. The van der Waals surface area contributed by atoms with Crippen LogP contribution in [0.1, 0.15) is 81.3 Å². The van der Waals surface area contributed by atoms with Gasteiger partial charge in [0.25, 0.3) is 20.2 Å². The number of hydrogen-bond donors (Lipinski definition) is 3. The molecule has 344 valence electrons. The van der Waals surface area contributed by atoms with Crippen molar-refractivity contribution in [2.24, 2.45) is 0 Å². The standard InChI is InChI=1S/C49H62N4O9S2/c1-48(2)40-32-38(63(56,57)58)22-24-42(40)50(28-12-30-52(5,6)7)44(48)26-18-34-14-11-15-35(46(34)62-37-20-16-36(17-21-37)47(54)55)19-27-45-49(3,4)41-33-39(64(59,60)61)23-25-43(41)51(45)29-13-31-53(8,9)10/h16-27,32-33H,11-15,28-31H2,1-10H3/p+3. The third-order valence-electron chi connectivity index (χ3n) is 12.4. The quantitative estimate of drug-likeness (QED) is 0.0727. The summed E-state index contributed by atoms with van der Waals surface area (Å²) in [6.45, 7) is 11.4. The molecule has 0 spiro atoms. The van der Waals surface area contributed by atoms with Crippen LogP contribution in [0, 0.1) is 0 Å². The van der Waals surface area contributed by atoms with E-state index in [0.717, 1.165) is 86.4 Å². The molecule has 0 amide bonds. The Morgan fingerprint density at radius 3 is 1.95 bits per heavy atom. The predicted molar refractivity (Wildman–Crippen MR) is 251 cm³/mol. The Hall–Kier alpha value is -4.90. The fourth-order valence-corrected chi connectivity index (χ4v) is 10.0. The number of quaternary nitrogens is 2. The van der Waals surface area contributed by atoms with Gasteiger partial charge in [0.1, 0.15) is 11.5 Å². The Bertz CT molecular complexity index is 2710. The molecule has 0 saturated carbocycles. The van der Waals surface area contributed by atoms with Crippen LogP contribution >= 0.6 is 0 Å². The molecule has 0 saturated heterocycles. The Labute approximate surface area is 379 Å². The van der Waals surface area contributed by atoms with Gasteiger partial charge in [-0.25, -0.2) is 4.79 Å². The van der Waals surface area contributed by atoms with Crippen LogP contribution in [0.25, 0.3) is 0 Å². The number of aromatic carboxylic acids is 1. The van der Waals surface area contributed by atoms with Gasteiger partial charge in [0.15, 0.2) is 12.3 Å². The molecule has 15 heteroatoms. The fraction of sp³-hybridized carbons (Fsp3) is 0.429. The Balaban J connectivity index is 1.49. The van der Waals surface area contributed by atoms with Gasteiger partial charge < -0.3 is 23.7 Å². The molecule has 2 aliphatic heterocycles. The maximum absolute atomic E-state index is 12.3. The SMILES string of the molecule is CC1(C)C(/C=C/C2=C(Oc3ccc(C(=O)O)cc3)C(=C/C=C3/N(CCC[N+](C)(C)C)c4ccc(S(=O)(=O)O)cc4C3(C)C)/CCC2)=[N+](CCC[N+](C)(C)C)c2ccc(S(=O)(=O)O)cc21. The summed E-state index contributed by atoms with van der Waals surface area (Å²) in [5.41, 5.74) is 6.00. The average molecular weight is 918 g/mol. The smallest absolute Gasteiger partial charge is 0.335 e. The maximum atomic E-state index is 12.3. The van der Waals surface area contributed by atoms with Crippen molar-refractivity contribution in [3.05, 3.63) is 124 Å². The van der Waals surface area contributed by atoms with E-state index in [1.54, 1.807) is 36.4 Å². The zero-order valence-corrected chi connectivity index (χ0v) is 40.5. The highest BCUT2D eigenvalue weighted by molar-refractivity contribution is 7.86. The van der Waals surface area contributed by atoms with Gasteiger partial charge in [0.2, 0.25) is 5.69 Å². The first kappa shape index (κ1) is 48.6. The molecular formula is C49H65N4O9S2+3. The van der Waals surface area contributed by atoms with Gasteiger partial charge in [-0.2, -0.15) is 21.4 Å². The molecule has 3 N–H and O–H groups in total. The number of anilines is 1. The Morgan fingerprint density at radius 2 is 1.36 bits per heavy atom. The molecule has 0 fully saturated rings. The van der Waals surface area contributed by atoms with E-state index in [4.69, 9.17) is 4.74 Å². The lowest BCUT2D eigenvalue weighted by molar-refractivity contribution is -0.871. The first-order valence-corrected chi connectivity index (χ1v) is 24.6. The summed E-state index contributed by atoms with van der Waals surface area (Å²) in [5, 5.41) is 9.61. The molecular weight excluding hydrogens is 853 g/mol. The third-order valence-corrected chi connectivity index (χ3v) is 14.1. The minimum Gasteiger partial charge on any atom is -0.478 e. The zero-order valence-electron chi connectivity index (χ0n) is 38.8. The van der Waals surface area contributed by atoms with E-state index >= 15 is 0 Å². The number of allylic oxidation sites excluding steroid dienone is 7. The van der Waals surface area contributed by atoms with E-state index in [1.165, 1.54) is 24.3 Å². The number of hydrogen-bond acceptors (Lipinski definition) is 7. The number of rotatable bonds is 16. The second kappa shape index (κ2) is 17.8. The van der Waals surface area contributed by atoms with Crippen molar-refractivity contribution in [3.8, 4) is 5.75 Å². The summed E-state index contributed by atoms with van der Waals surface area (Å²) in [6, 6.07) is 15.9.